The van der Waals surface area contributed by atoms with Gasteiger partial charge < -0.3 is 0 Å². The molecule has 1 rings (SSSR count). The first-order chi connectivity index (χ1) is 9.62. The van der Waals surface area contributed by atoms with Crippen LogP contribution in [0.2, 0.25) is 0 Å². The van der Waals surface area contributed by atoms with Gasteiger partial charge in [-0.3, -0.25) is 0 Å². The molecule has 1 heterocycles. The number of hydrogen-bond acceptors (Lipinski definition) is 3. The van der Waals surface area contributed by atoms with Crippen LogP contribution in [0, 0.1) is 6.92 Å². The molecule has 0 radical (unpaired) electrons. The van der Waals surface area contributed by atoms with E-state index in [2.05, 4.69) is 37.9 Å². The maximum absolute atomic E-state index is 4.45. The molecular formula is C17H32N2S. The molecule has 0 N–H and O–H groups in total. The van der Waals surface area contributed by atoms with Gasteiger partial charge in [-0.1, -0.05) is 72.1 Å². The molecule has 2 nitrogen and oxygen atoms in total. The SMILES string of the molecule is CCCCCCC(C)(CCCCCC)c1nnc(C)s1. The van der Waals surface area contributed by atoms with Crippen LogP contribution in [0.1, 0.15) is 95.0 Å². The van der Waals surface area contributed by atoms with Gasteiger partial charge in [0.15, 0.2) is 0 Å². The van der Waals surface area contributed by atoms with Crippen LogP contribution in [0.5, 0.6) is 0 Å². The standard InChI is InChI=1S/C17H32N2S/c1-5-7-9-11-13-17(4,14-12-10-8-6-2)16-19-18-15(3)20-16/h5-14H2,1-4H3. The van der Waals surface area contributed by atoms with E-state index in [1.54, 1.807) is 11.3 Å². The van der Waals surface area contributed by atoms with E-state index in [0.717, 1.165) is 5.01 Å². The Morgan fingerprint density at radius 2 is 1.40 bits per heavy atom. The number of unbranched alkanes of at least 4 members (excludes halogenated alkanes) is 6. The minimum absolute atomic E-state index is 0.257. The van der Waals surface area contributed by atoms with Crippen LogP contribution in [0.3, 0.4) is 0 Å². The van der Waals surface area contributed by atoms with Gasteiger partial charge in [-0.2, -0.15) is 0 Å². The highest BCUT2D eigenvalue weighted by Crippen LogP contribution is 2.36. The molecule has 1 aromatic rings. The van der Waals surface area contributed by atoms with E-state index < -0.39 is 0 Å². The quantitative estimate of drug-likeness (QED) is 0.465. The zero-order valence-corrected chi connectivity index (χ0v) is 14.7. The average molecular weight is 297 g/mol. The monoisotopic (exact) mass is 296 g/mol. The van der Waals surface area contributed by atoms with Gasteiger partial charge >= 0.3 is 0 Å². The Morgan fingerprint density at radius 3 is 1.80 bits per heavy atom. The number of aromatic nitrogens is 2. The third-order valence-electron chi connectivity index (χ3n) is 4.21. The Balaban J connectivity index is 2.57. The Morgan fingerprint density at radius 1 is 0.850 bits per heavy atom. The highest BCUT2D eigenvalue weighted by molar-refractivity contribution is 7.11. The van der Waals surface area contributed by atoms with Crippen molar-refractivity contribution >= 4 is 11.3 Å². The molecule has 0 spiro atoms. The molecule has 0 bridgehead atoms. The molecular weight excluding hydrogens is 264 g/mol. The van der Waals surface area contributed by atoms with Gasteiger partial charge in [-0.05, 0) is 19.8 Å². The fraction of sp³-hybridized carbons (Fsp3) is 0.882. The minimum Gasteiger partial charge on any atom is -0.144 e. The summed E-state index contributed by atoms with van der Waals surface area (Å²) in [4.78, 5) is 0. The van der Waals surface area contributed by atoms with E-state index in [-0.39, 0.29) is 5.41 Å². The Kier molecular flexibility index (Phi) is 8.35. The predicted octanol–water partition coefficient (Wildman–Crippen LogP) is 6.05. The van der Waals surface area contributed by atoms with Crippen molar-refractivity contribution in [2.24, 2.45) is 0 Å². The first-order valence-corrected chi connectivity index (χ1v) is 9.24. The van der Waals surface area contributed by atoms with Gasteiger partial charge in [-0.15, -0.1) is 21.5 Å². The van der Waals surface area contributed by atoms with E-state index in [0.29, 0.717) is 0 Å². The summed E-state index contributed by atoms with van der Waals surface area (Å²) < 4.78 is 0. The second kappa shape index (κ2) is 9.49. The highest BCUT2D eigenvalue weighted by atomic mass is 32.1. The first kappa shape index (κ1) is 17.6. The highest BCUT2D eigenvalue weighted by Gasteiger charge is 2.29. The van der Waals surface area contributed by atoms with E-state index >= 15 is 0 Å². The lowest BCUT2D eigenvalue weighted by atomic mass is 9.80. The van der Waals surface area contributed by atoms with Crippen LogP contribution in [0.15, 0.2) is 0 Å². The van der Waals surface area contributed by atoms with Gasteiger partial charge in [0.05, 0.1) is 0 Å². The lowest BCUT2D eigenvalue weighted by molar-refractivity contribution is 0.361. The summed E-state index contributed by atoms with van der Waals surface area (Å²) in [6.45, 7) is 9.02. The van der Waals surface area contributed by atoms with Gasteiger partial charge in [0.25, 0.3) is 0 Å². The van der Waals surface area contributed by atoms with E-state index in [1.807, 2.05) is 0 Å². The van der Waals surface area contributed by atoms with Crippen LogP contribution in [0.4, 0.5) is 0 Å². The zero-order chi connectivity index (χ0) is 14.8. The molecule has 1 aromatic heterocycles. The molecule has 0 atom stereocenters. The van der Waals surface area contributed by atoms with E-state index in [4.69, 9.17) is 0 Å². The normalized spacial score (nSPS) is 12.0. The van der Waals surface area contributed by atoms with Crippen molar-refractivity contribution in [3.8, 4) is 0 Å². The minimum atomic E-state index is 0.257. The summed E-state index contributed by atoms with van der Waals surface area (Å²) in [7, 11) is 0. The van der Waals surface area contributed by atoms with Crippen molar-refractivity contribution in [1.29, 1.82) is 0 Å². The van der Waals surface area contributed by atoms with Crippen molar-refractivity contribution in [3.05, 3.63) is 10.0 Å². The van der Waals surface area contributed by atoms with Crippen molar-refractivity contribution in [2.75, 3.05) is 0 Å². The number of hydrogen-bond donors (Lipinski definition) is 0. The second-order valence-corrected chi connectivity index (χ2v) is 7.49. The van der Waals surface area contributed by atoms with Crippen LogP contribution in [0.25, 0.3) is 0 Å². The van der Waals surface area contributed by atoms with Crippen molar-refractivity contribution in [2.45, 2.75) is 97.3 Å². The Bertz CT molecular complexity index is 348. The predicted molar refractivity (Wildman–Crippen MR) is 89.5 cm³/mol. The van der Waals surface area contributed by atoms with Crippen molar-refractivity contribution in [1.82, 2.24) is 10.2 Å². The van der Waals surface area contributed by atoms with Gasteiger partial charge in [0.1, 0.15) is 10.0 Å². The van der Waals surface area contributed by atoms with Gasteiger partial charge in [-0.25, -0.2) is 0 Å². The van der Waals surface area contributed by atoms with E-state index in [1.165, 1.54) is 69.2 Å². The average Bonchev–Trinajstić information content (AvgIpc) is 2.87. The maximum Gasteiger partial charge on any atom is 0.123 e. The first-order valence-electron chi connectivity index (χ1n) is 8.43. The molecule has 0 saturated carbocycles. The van der Waals surface area contributed by atoms with Crippen LogP contribution < -0.4 is 0 Å². The maximum atomic E-state index is 4.45. The fourth-order valence-electron chi connectivity index (χ4n) is 2.76. The van der Waals surface area contributed by atoms with Crippen LogP contribution in [-0.4, -0.2) is 10.2 Å². The molecule has 0 aliphatic carbocycles. The third kappa shape index (κ3) is 5.90. The molecule has 0 aliphatic rings. The van der Waals surface area contributed by atoms with Crippen molar-refractivity contribution < 1.29 is 0 Å². The molecule has 0 amide bonds. The molecule has 0 aromatic carbocycles. The molecule has 116 valence electrons. The molecule has 20 heavy (non-hydrogen) atoms. The second-order valence-electron chi connectivity index (χ2n) is 6.31. The number of aryl methyl sites for hydroxylation is 1. The van der Waals surface area contributed by atoms with Gasteiger partial charge in [0.2, 0.25) is 0 Å². The topological polar surface area (TPSA) is 25.8 Å². The number of rotatable bonds is 11. The summed E-state index contributed by atoms with van der Waals surface area (Å²) >= 11 is 1.80. The Hall–Kier alpha value is -0.440. The van der Waals surface area contributed by atoms with Gasteiger partial charge in [0, 0.05) is 5.41 Å². The summed E-state index contributed by atoms with van der Waals surface area (Å²) in [5.74, 6) is 0. The summed E-state index contributed by atoms with van der Waals surface area (Å²) in [6.07, 6.45) is 13.3. The van der Waals surface area contributed by atoms with Crippen LogP contribution >= 0.6 is 11.3 Å². The van der Waals surface area contributed by atoms with Crippen molar-refractivity contribution in [3.63, 3.8) is 0 Å². The third-order valence-corrected chi connectivity index (χ3v) is 5.35. The summed E-state index contributed by atoms with van der Waals surface area (Å²) in [5, 5.41) is 11.1. The smallest absolute Gasteiger partial charge is 0.123 e. The lowest BCUT2D eigenvalue weighted by Crippen LogP contribution is -2.22. The summed E-state index contributed by atoms with van der Waals surface area (Å²) in [6, 6.07) is 0. The largest absolute Gasteiger partial charge is 0.144 e. The Labute approximate surface area is 129 Å². The molecule has 0 saturated heterocycles. The molecule has 3 heteroatoms. The molecule has 0 aliphatic heterocycles. The zero-order valence-electron chi connectivity index (χ0n) is 13.9. The number of nitrogens with zero attached hydrogens (tertiary/aromatic N) is 2. The fourth-order valence-corrected chi connectivity index (χ4v) is 3.66. The van der Waals surface area contributed by atoms with Crippen LogP contribution in [-0.2, 0) is 5.41 Å². The summed E-state index contributed by atoms with van der Waals surface area (Å²) in [5.41, 5.74) is 0.257. The molecule has 0 fully saturated rings. The lowest BCUT2D eigenvalue weighted by Gasteiger charge is -2.27. The molecule has 0 unspecified atom stereocenters. The van der Waals surface area contributed by atoms with E-state index in [9.17, 15) is 0 Å².